The summed E-state index contributed by atoms with van der Waals surface area (Å²) in [6.45, 7) is 8.07. The molecule has 0 amide bonds. The first-order valence-electron chi connectivity index (χ1n) is 9.35. The minimum atomic E-state index is -0.350. The second-order valence-corrected chi connectivity index (χ2v) is 7.05. The monoisotopic (exact) mass is 366 g/mol. The molecule has 1 aliphatic heterocycles. The molecule has 1 aliphatic rings. The van der Waals surface area contributed by atoms with Crippen LogP contribution in [0.4, 0.5) is 0 Å². The maximum absolute atomic E-state index is 11.9. The first kappa shape index (κ1) is 19.2. The van der Waals surface area contributed by atoms with E-state index in [0.29, 0.717) is 12.2 Å². The predicted octanol–water partition coefficient (Wildman–Crippen LogP) is 2.24. The summed E-state index contributed by atoms with van der Waals surface area (Å²) >= 11 is 0. The Morgan fingerprint density at radius 1 is 1.19 bits per heavy atom. The molecule has 0 unspecified atom stereocenters. The highest BCUT2D eigenvalue weighted by Crippen LogP contribution is 2.24. The van der Waals surface area contributed by atoms with Gasteiger partial charge in [-0.1, -0.05) is 12.1 Å². The SMILES string of the molecule is Cc1cc(-c2ccc(OCCCN3CCN(C)CC3)cc2)c(C#N)c(=O)[nH]1. The van der Waals surface area contributed by atoms with Crippen molar-refractivity contribution < 1.29 is 4.74 Å². The fourth-order valence-electron chi connectivity index (χ4n) is 3.31. The highest BCUT2D eigenvalue weighted by Gasteiger charge is 2.13. The van der Waals surface area contributed by atoms with Crippen LogP contribution in [-0.2, 0) is 0 Å². The summed E-state index contributed by atoms with van der Waals surface area (Å²) in [6.07, 6.45) is 0.997. The lowest BCUT2D eigenvalue weighted by molar-refractivity contribution is 0.145. The number of nitriles is 1. The number of benzene rings is 1. The lowest BCUT2D eigenvalue weighted by atomic mass is 10.0. The number of pyridine rings is 1. The lowest BCUT2D eigenvalue weighted by Gasteiger charge is -2.32. The number of nitrogens with one attached hydrogen (secondary N) is 1. The topological polar surface area (TPSA) is 72.4 Å². The van der Waals surface area contributed by atoms with E-state index < -0.39 is 0 Å². The van der Waals surface area contributed by atoms with Gasteiger partial charge in [-0.3, -0.25) is 4.79 Å². The van der Waals surface area contributed by atoms with Crippen LogP contribution in [-0.4, -0.2) is 61.2 Å². The maximum Gasteiger partial charge on any atom is 0.266 e. The van der Waals surface area contributed by atoms with Crippen LogP contribution in [0.2, 0.25) is 0 Å². The van der Waals surface area contributed by atoms with Crippen molar-refractivity contribution in [2.75, 3.05) is 46.4 Å². The number of piperazine rings is 1. The Balaban J connectivity index is 1.55. The number of aromatic amines is 1. The number of hydrogen-bond donors (Lipinski definition) is 1. The molecule has 0 atom stereocenters. The number of aromatic nitrogens is 1. The Hall–Kier alpha value is -2.62. The Kier molecular flexibility index (Phi) is 6.28. The second-order valence-electron chi connectivity index (χ2n) is 7.05. The molecular formula is C21H26N4O2. The molecule has 3 rings (SSSR count). The van der Waals surface area contributed by atoms with Gasteiger partial charge in [-0.05, 0) is 44.2 Å². The van der Waals surface area contributed by atoms with Gasteiger partial charge >= 0.3 is 0 Å². The van der Waals surface area contributed by atoms with Gasteiger partial charge in [-0.2, -0.15) is 5.26 Å². The van der Waals surface area contributed by atoms with Crippen LogP contribution < -0.4 is 10.3 Å². The normalized spacial score (nSPS) is 15.4. The van der Waals surface area contributed by atoms with Crippen LogP contribution in [0.1, 0.15) is 17.7 Å². The zero-order valence-corrected chi connectivity index (χ0v) is 16.0. The second kappa shape index (κ2) is 8.85. The molecule has 2 heterocycles. The number of nitrogens with zero attached hydrogens (tertiary/aromatic N) is 3. The minimum Gasteiger partial charge on any atom is -0.494 e. The molecule has 2 aromatic rings. The largest absolute Gasteiger partial charge is 0.494 e. The zero-order chi connectivity index (χ0) is 19.2. The molecule has 0 saturated carbocycles. The van der Waals surface area contributed by atoms with Crippen LogP contribution >= 0.6 is 0 Å². The predicted molar refractivity (Wildman–Crippen MR) is 106 cm³/mol. The quantitative estimate of drug-likeness (QED) is 0.794. The van der Waals surface area contributed by atoms with Gasteiger partial charge in [0, 0.05) is 44.0 Å². The summed E-state index contributed by atoms with van der Waals surface area (Å²) in [5, 5.41) is 9.27. The summed E-state index contributed by atoms with van der Waals surface area (Å²) in [7, 11) is 2.16. The first-order valence-corrected chi connectivity index (χ1v) is 9.35. The highest BCUT2D eigenvalue weighted by molar-refractivity contribution is 5.70. The number of hydrogen-bond acceptors (Lipinski definition) is 5. The number of ether oxygens (including phenoxy) is 1. The van der Waals surface area contributed by atoms with Crippen molar-refractivity contribution in [3.8, 4) is 22.9 Å². The summed E-state index contributed by atoms with van der Waals surface area (Å²) in [5.74, 6) is 0.803. The van der Waals surface area contributed by atoms with Crippen LogP contribution in [0.5, 0.6) is 5.75 Å². The molecule has 27 heavy (non-hydrogen) atoms. The van der Waals surface area contributed by atoms with E-state index >= 15 is 0 Å². The Labute approximate surface area is 160 Å². The third kappa shape index (κ3) is 4.97. The van der Waals surface area contributed by atoms with Crippen LogP contribution in [0, 0.1) is 18.3 Å². The molecule has 6 nitrogen and oxygen atoms in total. The molecule has 0 aliphatic carbocycles. The standard InChI is InChI=1S/C21H26N4O2/c1-16-14-19(20(15-22)21(26)23-16)17-4-6-18(7-5-17)27-13-3-8-25-11-9-24(2)10-12-25/h4-7,14H,3,8-13H2,1-2H3,(H,23,26). The number of likely N-dealkylation sites (N-methyl/N-ethyl adjacent to an activating group) is 1. The van der Waals surface area contributed by atoms with E-state index in [-0.39, 0.29) is 11.1 Å². The molecule has 142 valence electrons. The third-order valence-electron chi connectivity index (χ3n) is 4.93. The summed E-state index contributed by atoms with van der Waals surface area (Å²) in [6, 6.07) is 11.4. The fraction of sp³-hybridized carbons (Fsp3) is 0.429. The van der Waals surface area contributed by atoms with Crippen molar-refractivity contribution >= 4 is 0 Å². The lowest BCUT2D eigenvalue weighted by Crippen LogP contribution is -2.44. The molecule has 0 radical (unpaired) electrons. The van der Waals surface area contributed by atoms with E-state index in [2.05, 4.69) is 21.8 Å². The van der Waals surface area contributed by atoms with Gasteiger partial charge in [0.1, 0.15) is 17.4 Å². The van der Waals surface area contributed by atoms with Crippen molar-refractivity contribution in [2.24, 2.45) is 0 Å². The van der Waals surface area contributed by atoms with Gasteiger partial charge in [0.2, 0.25) is 0 Å². The zero-order valence-electron chi connectivity index (χ0n) is 16.0. The van der Waals surface area contributed by atoms with Crippen molar-refractivity contribution in [1.29, 1.82) is 5.26 Å². The molecule has 1 saturated heterocycles. The highest BCUT2D eigenvalue weighted by atomic mass is 16.5. The molecular weight excluding hydrogens is 340 g/mol. The van der Waals surface area contributed by atoms with E-state index in [1.807, 2.05) is 43.3 Å². The minimum absolute atomic E-state index is 0.140. The van der Waals surface area contributed by atoms with Crippen molar-refractivity contribution in [2.45, 2.75) is 13.3 Å². The summed E-state index contributed by atoms with van der Waals surface area (Å²) in [4.78, 5) is 19.4. The van der Waals surface area contributed by atoms with Crippen LogP contribution in [0.25, 0.3) is 11.1 Å². The molecule has 1 fully saturated rings. The average Bonchev–Trinajstić information content (AvgIpc) is 2.66. The number of rotatable bonds is 6. The van der Waals surface area contributed by atoms with E-state index in [9.17, 15) is 10.1 Å². The van der Waals surface area contributed by atoms with Crippen LogP contribution in [0.3, 0.4) is 0 Å². The third-order valence-corrected chi connectivity index (χ3v) is 4.93. The summed E-state index contributed by atoms with van der Waals surface area (Å²) in [5.41, 5.74) is 2.02. The molecule has 0 spiro atoms. The summed E-state index contributed by atoms with van der Waals surface area (Å²) < 4.78 is 5.84. The number of aryl methyl sites for hydroxylation is 1. The van der Waals surface area contributed by atoms with E-state index in [4.69, 9.17) is 4.74 Å². The molecule has 0 bridgehead atoms. The maximum atomic E-state index is 11.9. The first-order chi connectivity index (χ1) is 13.1. The smallest absolute Gasteiger partial charge is 0.266 e. The van der Waals surface area contributed by atoms with E-state index in [1.165, 1.54) is 0 Å². The van der Waals surface area contributed by atoms with Crippen molar-refractivity contribution in [3.63, 3.8) is 0 Å². The Morgan fingerprint density at radius 3 is 2.56 bits per heavy atom. The molecule has 1 N–H and O–H groups in total. The van der Waals surface area contributed by atoms with Gasteiger partial charge < -0.3 is 19.5 Å². The van der Waals surface area contributed by atoms with Gasteiger partial charge in [-0.25, -0.2) is 0 Å². The molecule has 6 heteroatoms. The average molecular weight is 366 g/mol. The molecule has 1 aromatic carbocycles. The van der Waals surface area contributed by atoms with Crippen molar-refractivity contribution in [3.05, 3.63) is 51.9 Å². The fourth-order valence-corrected chi connectivity index (χ4v) is 3.31. The van der Waals surface area contributed by atoms with Crippen LogP contribution in [0.15, 0.2) is 35.1 Å². The Bertz CT molecular complexity index is 859. The molecule has 1 aromatic heterocycles. The van der Waals surface area contributed by atoms with Gasteiger partial charge in [0.25, 0.3) is 5.56 Å². The van der Waals surface area contributed by atoms with E-state index in [1.54, 1.807) is 0 Å². The Morgan fingerprint density at radius 2 is 1.89 bits per heavy atom. The van der Waals surface area contributed by atoms with E-state index in [0.717, 1.165) is 56.2 Å². The van der Waals surface area contributed by atoms with Gasteiger partial charge in [0.05, 0.1) is 6.61 Å². The van der Waals surface area contributed by atoms with Gasteiger partial charge in [-0.15, -0.1) is 0 Å². The van der Waals surface area contributed by atoms with Gasteiger partial charge in [0.15, 0.2) is 0 Å². The van der Waals surface area contributed by atoms with Crippen molar-refractivity contribution in [1.82, 2.24) is 14.8 Å². The number of H-pyrrole nitrogens is 1.